The van der Waals surface area contributed by atoms with E-state index in [1.54, 1.807) is 6.07 Å². The van der Waals surface area contributed by atoms with E-state index >= 15 is 0 Å². The first-order chi connectivity index (χ1) is 8.79. The number of amides is 1. The summed E-state index contributed by atoms with van der Waals surface area (Å²) in [5.41, 5.74) is 0.361. The lowest BCUT2D eigenvalue weighted by molar-refractivity contribution is 0.0950. The van der Waals surface area contributed by atoms with Gasteiger partial charge in [-0.15, -0.1) is 10.2 Å². The third-order valence-corrected chi connectivity index (χ3v) is 3.64. The summed E-state index contributed by atoms with van der Waals surface area (Å²) in [6, 6.07) is 4.05. The fourth-order valence-corrected chi connectivity index (χ4v) is 2.58. The van der Waals surface area contributed by atoms with Crippen molar-refractivity contribution in [2.24, 2.45) is 11.8 Å². The monoisotopic (exact) mass is 247 g/mol. The van der Waals surface area contributed by atoms with Gasteiger partial charge in [0.2, 0.25) is 0 Å². The maximum absolute atomic E-state index is 11.5. The number of aromatic nitrogens is 2. The van der Waals surface area contributed by atoms with Crippen LogP contribution in [0.4, 0.5) is 5.82 Å². The maximum atomic E-state index is 11.5. The molecule has 1 aliphatic heterocycles. The van der Waals surface area contributed by atoms with Crippen LogP contribution in [0.25, 0.3) is 0 Å². The van der Waals surface area contributed by atoms with E-state index in [2.05, 4.69) is 26.1 Å². The number of carbonyl (C=O) groups is 1. The second kappa shape index (κ2) is 4.53. The molecule has 6 heteroatoms. The van der Waals surface area contributed by atoms with Crippen LogP contribution in [-0.4, -0.2) is 41.8 Å². The Bertz CT molecular complexity index is 436. The number of rotatable bonds is 4. The van der Waals surface area contributed by atoms with Crippen LogP contribution in [0.2, 0.25) is 0 Å². The molecule has 6 nitrogen and oxygen atoms in total. The summed E-state index contributed by atoms with van der Waals surface area (Å²) in [6.07, 6.45) is 0. The van der Waals surface area contributed by atoms with Crippen molar-refractivity contribution in [2.75, 3.05) is 25.0 Å². The molecule has 0 aromatic carbocycles. The molecule has 2 atom stereocenters. The molecule has 1 aromatic rings. The zero-order valence-electron chi connectivity index (χ0n) is 10.3. The Morgan fingerprint density at radius 3 is 2.78 bits per heavy atom. The van der Waals surface area contributed by atoms with Crippen LogP contribution in [0.3, 0.4) is 0 Å². The molecule has 3 N–H and O–H groups in total. The average molecular weight is 247 g/mol. The first-order valence-electron chi connectivity index (χ1n) is 6.38. The maximum Gasteiger partial charge on any atom is 0.271 e. The topological polar surface area (TPSA) is 78.9 Å². The molecule has 1 aliphatic carbocycles. The van der Waals surface area contributed by atoms with Crippen molar-refractivity contribution in [3.8, 4) is 0 Å². The van der Waals surface area contributed by atoms with Gasteiger partial charge in [-0.1, -0.05) is 0 Å². The lowest BCUT2D eigenvalue weighted by Gasteiger charge is -2.07. The zero-order valence-corrected chi connectivity index (χ0v) is 10.3. The minimum atomic E-state index is -0.177. The van der Waals surface area contributed by atoms with Gasteiger partial charge in [0, 0.05) is 25.7 Å². The highest BCUT2D eigenvalue weighted by Gasteiger charge is 2.53. The van der Waals surface area contributed by atoms with E-state index in [0.717, 1.165) is 30.7 Å². The first kappa shape index (κ1) is 11.4. The molecule has 0 spiro atoms. The summed E-state index contributed by atoms with van der Waals surface area (Å²) in [4.78, 5) is 11.5. The van der Waals surface area contributed by atoms with Gasteiger partial charge >= 0.3 is 0 Å². The molecular formula is C12H17N5O. The number of fused-ring (bicyclic) bond motifs is 1. The lowest BCUT2D eigenvalue weighted by atomic mass is 10.3. The average Bonchev–Trinajstić information content (AvgIpc) is 2.84. The Morgan fingerprint density at radius 2 is 2.17 bits per heavy atom. The van der Waals surface area contributed by atoms with Crippen LogP contribution in [0, 0.1) is 11.8 Å². The number of hydrogen-bond acceptors (Lipinski definition) is 5. The fraction of sp³-hybridized carbons (Fsp3) is 0.583. The van der Waals surface area contributed by atoms with Crippen molar-refractivity contribution < 1.29 is 4.79 Å². The van der Waals surface area contributed by atoms with Gasteiger partial charge in [-0.3, -0.25) is 4.79 Å². The molecule has 1 aromatic heterocycles. The van der Waals surface area contributed by atoms with Crippen LogP contribution in [0.15, 0.2) is 12.1 Å². The standard InChI is InChI=1S/C12H17N5O/c1-2-14-12(18)9-3-4-10(17-16-9)15-11-7-5-13-6-8(7)11/h3-4,7-8,11,13H,2,5-6H2,1H3,(H,14,18)(H,15,17). The van der Waals surface area contributed by atoms with Crippen molar-refractivity contribution in [1.29, 1.82) is 0 Å². The fourth-order valence-electron chi connectivity index (χ4n) is 2.58. The van der Waals surface area contributed by atoms with Crippen molar-refractivity contribution in [2.45, 2.75) is 13.0 Å². The predicted octanol–water partition coefficient (Wildman–Crippen LogP) is -0.144. The summed E-state index contributed by atoms with van der Waals surface area (Å²) in [7, 11) is 0. The molecule has 2 heterocycles. The highest BCUT2D eigenvalue weighted by atomic mass is 16.1. The molecule has 2 aliphatic rings. The highest BCUT2D eigenvalue weighted by molar-refractivity contribution is 5.92. The number of piperidine rings is 1. The second-order valence-electron chi connectivity index (χ2n) is 4.82. The summed E-state index contributed by atoms with van der Waals surface area (Å²) in [5.74, 6) is 2.04. The molecule has 96 valence electrons. The SMILES string of the molecule is CCNC(=O)c1ccc(NC2C3CNCC32)nn1. The summed E-state index contributed by atoms with van der Waals surface area (Å²) in [5, 5.41) is 17.4. The molecule has 0 bridgehead atoms. The highest BCUT2D eigenvalue weighted by Crippen LogP contribution is 2.43. The summed E-state index contributed by atoms with van der Waals surface area (Å²) >= 11 is 0. The minimum absolute atomic E-state index is 0.177. The van der Waals surface area contributed by atoms with Crippen molar-refractivity contribution in [3.05, 3.63) is 17.8 Å². The molecule has 18 heavy (non-hydrogen) atoms. The largest absolute Gasteiger partial charge is 0.365 e. The van der Waals surface area contributed by atoms with Crippen LogP contribution in [0.5, 0.6) is 0 Å². The molecule has 2 fully saturated rings. The van der Waals surface area contributed by atoms with Gasteiger partial charge in [-0.05, 0) is 30.9 Å². The van der Waals surface area contributed by atoms with Crippen molar-refractivity contribution >= 4 is 11.7 Å². The van der Waals surface area contributed by atoms with Gasteiger partial charge in [0.05, 0.1) is 0 Å². The van der Waals surface area contributed by atoms with Gasteiger partial charge in [0.15, 0.2) is 5.69 Å². The van der Waals surface area contributed by atoms with E-state index in [-0.39, 0.29) is 5.91 Å². The third kappa shape index (κ3) is 2.03. The molecular weight excluding hydrogens is 230 g/mol. The minimum Gasteiger partial charge on any atom is -0.365 e. The Morgan fingerprint density at radius 1 is 1.39 bits per heavy atom. The number of carbonyl (C=O) groups excluding carboxylic acids is 1. The molecule has 0 radical (unpaired) electrons. The Kier molecular flexibility index (Phi) is 2.87. The lowest BCUT2D eigenvalue weighted by Crippen LogP contribution is -2.24. The number of nitrogens with zero attached hydrogens (tertiary/aromatic N) is 2. The molecule has 1 amide bonds. The summed E-state index contributed by atoms with van der Waals surface area (Å²) < 4.78 is 0. The molecule has 2 unspecified atom stereocenters. The Balaban J connectivity index is 1.59. The van der Waals surface area contributed by atoms with E-state index in [4.69, 9.17) is 0 Å². The Labute approximate surface area is 106 Å². The van der Waals surface area contributed by atoms with Crippen LogP contribution in [0.1, 0.15) is 17.4 Å². The summed E-state index contributed by atoms with van der Waals surface area (Å²) in [6.45, 7) is 4.65. The molecule has 3 rings (SSSR count). The van der Waals surface area contributed by atoms with Gasteiger partial charge in [-0.25, -0.2) is 0 Å². The van der Waals surface area contributed by atoms with Crippen molar-refractivity contribution in [1.82, 2.24) is 20.8 Å². The number of nitrogens with one attached hydrogen (secondary N) is 3. The quantitative estimate of drug-likeness (QED) is 0.690. The van der Waals surface area contributed by atoms with E-state index < -0.39 is 0 Å². The van der Waals surface area contributed by atoms with E-state index in [1.807, 2.05) is 13.0 Å². The molecule has 1 saturated carbocycles. The third-order valence-electron chi connectivity index (χ3n) is 3.64. The second-order valence-corrected chi connectivity index (χ2v) is 4.82. The van der Waals surface area contributed by atoms with Gasteiger partial charge in [0.25, 0.3) is 5.91 Å². The zero-order chi connectivity index (χ0) is 12.5. The van der Waals surface area contributed by atoms with Crippen LogP contribution < -0.4 is 16.0 Å². The van der Waals surface area contributed by atoms with Gasteiger partial charge in [0.1, 0.15) is 5.82 Å². The smallest absolute Gasteiger partial charge is 0.271 e. The first-order valence-corrected chi connectivity index (χ1v) is 6.38. The van der Waals surface area contributed by atoms with Gasteiger partial charge in [-0.2, -0.15) is 0 Å². The van der Waals surface area contributed by atoms with Crippen LogP contribution >= 0.6 is 0 Å². The van der Waals surface area contributed by atoms with E-state index in [0.29, 0.717) is 18.3 Å². The normalized spacial score (nSPS) is 28.6. The number of anilines is 1. The van der Waals surface area contributed by atoms with Gasteiger partial charge < -0.3 is 16.0 Å². The Hall–Kier alpha value is -1.69. The van der Waals surface area contributed by atoms with E-state index in [9.17, 15) is 4.79 Å². The molecule has 1 saturated heterocycles. The van der Waals surface area contributed by atoms with E-state index in [1.165, 1.54) is 0 Å². The predicted molar refractivity (Wildman–Crippen MR) is 67.3 cm³/mol. The van der Waals surface area contributed by atoms with Crippen LogP contribution in [-0.2, 0) is 0 Å². The number of hydrogen-bond donors (Lipinski definition) is 3. The van der Waals surface area contributed by atoms with Crippen molar-refractivity contribution in [3.63, 3.8) is 0 Å².